The predicted octanol–water partition coefficient (Wildman–Crippen LogP) is 4.07. The zero-order chi connectivity index (χ0) is 24.9. The van der Waals surface area contributed by atoms with Crippen LogP contribution < -0.4 is 11.3 Å². The van der Waals surface area contributed by atoms with Gasteiger partial charge in [0.05, 0.1) is 21.8 Å². The third-order valence-corrected chi connectivity index (χ3v) is 7.76. The van der Waals surface area contributed by atoms with Crippen molar-refractivity contribution in [3.05, 3.63) is 64.4 Å². The molecular formula is C27H32N4O3S. The SMILES string of the molecule is CCCCC(Sc1nc2ccccc2c(=O)n1-c1cccc(C)c1)C(=O)N1CCC(C(N)=O)CC1. The first-order valence-corrected chi connectivity index (χ1v) is 13.1. The molecule has 8 heteroatoms. The molecule has 0 spiro atoms. The van der Waals surface area contributed by atoms with E-state index in [2.05, 4.69) is 6.92 Å². The molecule has 1 aliphatic heterocycles. The number of amides is 2. The third-order valence-electron chi connectivity index (χ3n) is 6.56. The lowest BCUT2D eigenvalue weighted by Gasteiger charge is -2.33. The number of benzene rings is 2. The number of rotatable bonds is 8. The maximum atomic E-state index is 13.6. The van der Waals surface area contributed by atoms with Crippen LogP contribution in [0.1, 0.15) is 44.6 Å². The number of hydrogen-bond acceptors (Lipinski definition) is 5. The van der Waals surface area contributed by atoms with Gasteiger partial charge >= 0.3 is 0 Å². The summed E-state index contributed by atoms with van der Waals surface area (Å²) in [6, 6.07) is 15.1. The summed E-state index contributed by atoms with van der Waals surface area (Å²) in [5, 5.41) is 0.688. The molecule has 2 amide bonds. The molecule has 0 radical (unpaired) electrons. The van der Waals surface area contributed by atoms with Crippen molar-refractivity contribution in [3.8, 4) is 5.69 Å². The van der Waals surface area contributed by atoms with Gasteiger partial charge in [-0.25, -0.2) is 4.98 Å². The Kier molecular flexibility index (Phi) is 7.90. The van der Waals surface area contributed by atoms with Gasteiger partial charge in [0.2, 0.25) is 11.8 Å². The summed E-state index contributed by atoms with van der Waals surface area (Å²) in [4.78, 5) is 45.4. The highest BCUT2D eigenvalue weighted by molar-refractivity contribution is 8.00. The van der Waals surface area contributed by atoms with E-state index in [0.717, 1.165) is 24.1 Å². The Morgan fingerprint density at radius 2 is 1.89 bits per heavy atom. The number of carbonyl (C=O) groups is 2. The van der Waals surface area contributed by atoms with Crippen molar-refractivity contribution in [3.63, 3.8) is 0 Å². The van der Waals surface area contributed by atoms with E-state index >= 15 is 0 Å². The molecule has 2 N–H and O–H groups in total. The molecule has 1 atom stereocenters. The van der Waals surface area contributed by atoms with Crippen LogP contribution in [0, 0.1) is 12.8 Å². The van der Waals surface area contributed by atoms with Crippen molar-refractivity contribution in [1.82, 2.24) is 14.5 Å². The van der Waals surface area contributed by atoms with Gasteiger partial charge in [-0.2, -0.15) is 0 Å². The van der Waals surface area contributed by atoms with Gasteiger partial charge in [0.25, 0.3) is 5.56 Å². The minimum Gasteiger partial charge on any atom is -0.369 e. The number of fused-ring (bicyclic) bond motifs is 1. The van der Waals surface area contributed by atoms with Gasteiger partial charge in [0.1, 0.15) is 0 Å². The number of hydrogen-bond donors (Lipinski definition) is 1. The number of piperidine rings is 1. The zero-order valence-corrected chi connectivity index (χ0v) is 21.1. The van der Waals surface area contributed by atoms with Crippen LogP contribution in [0.3, 0.4) is 0 Å². The molecule has 1 unspecified atom stereocenters. The van der Waals surface area contributed by atoms with Crippen LogP contribution in [0.25, 0.3) is 16.6 Å². The van der Waals surface area contributed by atoms with E-state index in [0.29, 0.717) is 48.4 Å². The van der Waals surface area contributed by atoms with Crippen molar-refractivity contribution < 1.29 is 9.59 Å². The molecule has 184 valence electrons. The Hall–Kier alpha value is -3.13. The maximum Gasteiger partial charge on any atom is 0.266 e. The summed E-state index contributed by atoms with van der Waals surface area (Å²) in [5.74, 6) is -0.435. The average Bonchev–Trinajstić information content (AvgIpc) is 2.86. The number of likely N-dealkylation sites (tertiary alicyclic amines) is 1. The Bertz CT molecular complexity index is 1280. The molecule has 2 aromatic carbocycles. The minimum absolute atomic E-state index is 0.0320. The van der Waals surface area contributed by atoms with Crippen molar-refractivity contribution >= 4 is 34.5 Å². The van der Waals surface area contributed by atoms with E-state index in [4.69, 9.17) is 10.7 Å². The summed E-state index contributed by atoms with van der Waals surface area (Å²) in [7, 11) is 0. The summed E-state index contributed by atoms with van der Waals surface area (Å²) < 4.78 is 1.63. The second kappa shape index (κ2) is 11.1. The first-order chi connectivity index (χ1) is 16.9. The largest absolute Gasteiger partial charge is 0.369 e. The summed E-state index contributed by atoms with van der Waals surface area (Å²) in [5.41, 5.74) is 7.72. The predicted molar refractivity (Wildman–Crippen MR) is 140 cm³/mol. The van der Waals surface area contributed by atoms with Gasteiger partial charge < -0.3 is 10.6 Å². The second-order valence-electron chi connectivity index (χ2n) is 9.14. The fourth-order valence-electron chi connectivity index (χ4n) is 4.52. The van der Waals surface area contributed by atoms with E-state index in [-0.39, 0.29) is 28.5 Å². The van der Waals surface area contributed by atoms with Crippen molar-refractivity contribution in [2.45, 2.75) is 56.4 Å². The number of para-hydroxylation sites is 1. The highest BCUT2D eigenvalue weighted by Crippen LogP contribution is 2.30. The molecule has 7 nitrogen and oxygen atoms in total. The Balaban J connectivity index is 1.71. The number of carbonyl (C=O) groups excluding carboxylic acids is 2. The third kappa shape index (κ3) is 5.59. The van der Waals surface area contributed by atoms with Gasteiger partial charge in [-0.15, -0.1) is 0 Å². The fourth-order valence-corrected chi connectivity index (χ4v) is 5.76. The smallest absolute Gasteiger partial charge is 0.266 e. The van der Waals surface area contributed by atoms with Gasteiger partial charge in [0, 0.05) is 19.0 Å². The summed E-state index contributed by atoms with van der Waals surface area (Å²) >= 11 is 1.36. The van der Waals surface area contributed by atoms with Crippen LogP contribution >= 0.6 is 11.8 Å². The van der Waals surface area contributed by atoms with Crippen molar-refractivity contribution in [2.24, 2.45) is 11.7 Å². The van der Waals surface area contributed by atoms with Crippen molar-refractivity contribution in [2.75, 3.05) is 13.1 Å². The quantitative estimate of drug-likeness (QED) is 0.378. The molecule has 0 saturated carbocycles. The highest BCUT2D eigenvalue weighted by atomic mass is 32.2. The van der Waals surface area contributed by atoms with E-state index in [9.17, 15) is 14.4 Å². The monoisotopic (exact) mass is 492 g/mol. The second-order valence-corrected chi connectivity index (χ2v) is 10.3. The summed E-state index contributed by atoms with van der Waals surface area (Å²) in [6.45, 7) is 5.12. The molecule has 1 aliphatic rings. The number of aryl methyl sites for hydroxylation is 1. The molecule has 1 saturated heterocycles. The molecule has 2 heterocycles. The Labute approximate surface area is 209 Å². The number of aromatic nitrogens is 2. The molecule has 35 heavy (non-hydrogen) atoms. The fraction of sp³-hybridized carbons (Fsp3) is 0.407. The molecular weight excluding hydrogens is 460 g/mol. The standard InChI is InChI=1S/C27H32N4O3S/c1-3-4-12-23(26(34)30-15-13-19(14-16-30)24(28)32)35-27-29-22-11-6-5-10-21(22)25(33)31(27)20-9-7-8-18(2)17-20/h5-11,17,19,23H,3-4,12-16H2,1-2H3,(H2,28,32). The van der Waals surface area contributed by atoms with Crippen LogP contribution in [-0.4, -0.2) is 44.6 Å². The first-order valence-electron chi connectivity index (χ1n) is 12.2. The molecule has 0 aliphatic carbocycles. The van der Waals surface area contributed by atoms with E-state index in [1.165, 1.54) is 11.8 Å². The topological polar surface area (TPSA) is 98.3 Å². The van der Waals surface area contributed by atoms with Crippen LogP contribution in [0.15, 0.2) is 58.5 Å². The van der Waals surface area contributed by atoms with Crippen LogP contribution in [-0.2, 0) is 9.59 Å². The van der Waals surface area contributed by atoms with Crippen LogP contribution in [0.5, 0.6) is 0 Å². The zero-order valence-electron chi connectivity index (χ0n) is 20.3. The Morgan fingerprint density at radius 1 is 1.14 bits per heavy atom. The normalized spacial score (nSPS) is 15.3. The van der Waals surface area contributed by atoms with Gasteiger partial charge in [-0.3, -0.25) is 19.0 Å². The Morgan fingerprint density at radius 3 is 2.57 bits per heavy atom. The number of thioether (sulfide) groups is 1. The lowest BCUT2D eigenvalue weighted by atomic mass is 9.96. The lowest BCUT2D eigenvalue weighted by molar-refractivity contribution is -0.134. The first kappa shape index (κ1) is 25.0. The molecule has 1 fully saturated rings. The molecule has 4 rings (SSSR count). The number of nitrogens with zero attached hydrogens (tertiary/aromatic N) is 3. The van der Waals surface area contributed by atoms with Crippen molar-refractivity contribution in [1.29, 1.82) is 0 Å². The number of primary amides is 1. The van der Waals surface area contributed by atoms with E-state index in [1.54, 1.807) is 10.6 Å². The maximum absolute atomic E-state index is 13.6. The highest BCUT2D eigenvalue weighted by Gasteiger charge is 2.31. The van der Waals surface area contributed by atoms with E-state index in [1.807, 2.05) is 54.3 Å². The van der Waals surface area contributed by atoms with Crippen LogP contribution in [0.2, 0.25) is 0 Å². The molecule has 0 bridgehead atoms. The molecule has 3 aromatic rings. The van der Waals surface area contributed by atoms with E-state index < -0.39 is 0 Å². The van der Waals surface area contributed by atoms with Gasteiger partial charge in [0.15, 0.2) is 5.16 Å². The summed E-state index contributed by atoms with van der Waals surface area (Å²) in [6.07, 6.45) is 3.72. The van der Waals surface area contributed by atoms with Gasteiger partial charge in [-0.1, -0.05) is 55.8 Å². The molecule has 1 aromatic heterocycles. The van der Waals surface area contributed by atoms with Crippen LogP contribution in [0.4, 0.5) is 0 Å². The average molecular weight is 493 g/mol. The minimum atomic E-state index is -0.371. The number of nitrogens with two attached hydrogens (primary N) is 1. The number of unbranched alkanes of at least 4 members (excludes halogenated alkanes) is 1. The van der Waals surface area contributed by atoms with Gasteiger partial charge in [-0.05, 0) is 56.0 Å². The lowest BCUT2D eigenvalue weighted by Crippen LogP contribution is -2.45.